The van der Waals surface area contributed by atoms with Crippen LogP contribution >= 0.6 is 15.9 Å². The summed E-state index contributed by atoms with van der Waals surface area (Å²) in [6.07, 6.45) is 2.94. The number of anilines is 1. The van der Waals surface area contributed by atoms with Crippen LogP contribution < -0.4 is 15.4 Å². The average molecular weight is 313 g/mol. The van der Waals surface area contributed by atoms with Crippen LogP contribution in [0.4, 0.5) is 5.69 Å². The number of nitrogens with one attached hydrogen (secondary N) is 2. The fraction of sp³-hybridized carbons (Fsp3) is 0.462. The average Bonchev–Trinajstić information content (AvgIpc) is 2.55. The van der Waals surface area contributed by atoms with E-state index >= 15 is 0 Å². The van der Waals surface area contributed by atoms with Gasteiger partial charge in [-0.1, -0.05) is 15.9 Å². The Hall–Kier alpha value is -1.23. The summed E-state index contributed by atoms with van der Waals surface area (Å²) in [5.74, 6) is 0.810. The van der Waals surface area contributed by atoms with Crippen LogP contribution in [0.5, 0.6) is 5.75 Å². The second kappa shape index (κ2) is 6.09. The third-order valence-electron chi connectivity index (χ3n) is 3.03. The fourth-order valence-electron chi connectivity index (χ4n) is 2.06. The summed E-state index contributed by atoms with van der Waals surface area (Å²) in [5, 5.41) is 6.18. The molecule has 1 unspecified atom stereocenters. The Morgan fingerprint density at radius 2 is 2.28 bits per heavy atom. The van der Waals surface area contributed by atoms with E-state index in [9.17, 15) is 4.79 Å². The van der Waals surface area contributed by atoms with Gasteiger partial charge in [0.25, 0.3) is 0 Å². The number of hydrogen-bond acceptors (Lipinski definition) is 3. The van der Waals surface area contributed by atoms with Crippen LogP contribution in [-0.4, -0.2) is 25.6 Å². The Morgan fingerprint density at radius 3 is 3.06 bits per heavy atom. The Kier molecular flexibility index (Phi) is 4.47. The summed E-state index contributed by atoms with van der Waals surface area (Å²) in [5.41, 5.74) is 0.842. The van der Waals surface area contributed by atoms with Crippen molar-refractivity contribution < 1.29 is 9.53 Å². The Balaban J connectivity index is 2.16. The molecule has 98 valence electrons. The second-order valence-electron chi connectivity index (χ2n) is 4.33. The summed E-state index contributed by atoms with van der Waals surface area (Å²) in [7, 11) is 1.63. The molecule has 0 spiro atoms. The molecule has 2 rings (SSSR count). The Labute approximate surface area is 115 Å². The highest BCUT2D eigenvalue weighted by molar-refractivity contribution is 9.10. The van der Waals surface area contributed by atoms with Gasteiger partial charge in [-0.25, -0.2) is 0 Å². The SMILES string of the molecule is COc1ccc(Br)cc1NC1CCCCNC1=O. The van der Waals surface area contributed by atoms with Gasteiger partial charge in [-0.3, -0.25) is 4.79 Å². The van der Waals surface area contributed by atoms with Crippen LogP contribution in [0, 0.1) is 0 Å². The van der Waals surface area contributed by atoms with E-state index in [2.05, 4.69) is 26.6 Å². The topological polar surface area (TPSA) is 50.4 Å². The van der Waals surface area contributed by atoms with Crippen LogP contribution in [-0.2, 0) is 4.79 Å². The zero-order valence-corrected chi connectivity index (χ0v) is 11.9. The van der Waals surface area contributed by atoms with E-state index in [4.69, 9.17) is 4.74 Å². The van der Waals surface area contributed by atoms with E-state index in [0.29, 0.717) is 0 Å². The molecule has 5 heteroatoms. The molecule has 4 nitrogen and oxygen atoms in total. The number of benzene rings is 1. The highest BCUT2D eigenvalue weighted by Gasteiger charge is 2.21. The predicted octanol–water partition coefficient (Wildman–Crippen LogP) is 2.54. The minimum atomic E-state index is -0.185. The fourth-order valence-corrected chi connectivity index (χ4v) is 2.42. The van der Waals surface area contributed by atoms with Crippen LogP contribution in [0.25, 0.3) is 0 Å². The maximum absolute atomic E-state index is 11.9. The van der Waals surface area contributed by atoms with Gasteiger partial charge < -0.3 is 15.4 Å². The molecule has 0 bridgehead atoms. The van der Waals surface area contributed by atoms with Gasteiger partial charge in [0, 0.05) is 11.0 Å². The summed E-state index contributed by atoms with van der Waals surface area (Å²) < 4.78 is 6.25. The van der Waals surface area contributed by atoms with Crippen LogP contribution in [0.2, 0.25) is 0 Å². The Bertz CT molecular complexity index is 437. The molecule has 0 aliphatic carbocycles. The van der Waals surface area contributed by atoms with Crippen LogP contribution in [0.3, 0.4) is 0 Å². The Morgan fingerprint density at radius 1 is 1.44 bits per heavy atom. The van der Waals surface area contributed by atoms with E-state index < -0.39 is 0 Å². The molecule has 0 aromatic heterocycles. The highest BCUT2D eigenvalue weighted by Crippen LogP contribution is 2.29. The first-order chi connectivity index (χ1) is 8.70. The molecule has 18 heavy (non-hydrogen) atoms. The van der Waals surface area contributed by atoms with E-state index in [0.717, 1.165) is 41.7 Å². The third-order valence-corrected chi connectivity index (χ3v) is 3.52. The van der Waals surface area contributed by atoms with E-state index in [-0.39, 0.29) is 11.9 Å². The van der Waals surface area contributed by atoms with Crippen molar-refractivity contribution in [1.82, 2.24) is 5.32 Å². The first-order valence-corrected chi connectivity index (χ1v) is 6.88. The maximum atomic E-state index is 11.9. The van der Waals surface area contributed by atoms with Gasteiger partial charge in [-0.05, 0) is 37.5 Å². The number of amides is 1. The van der Waals surface area contributed by atoms with E-state index in [1.807, 2.05) is 18.2 Å². The normalized spacial score (nSPS) is 19.9. The molecular weight excluding hydrogens is 296 g/mol. The number of hydrogen-bond donors (Lipinski definition) is 2. The minimum absolute atomic E-state index is 0.0644. The van der Waals surface area contributed by atoms with Gasteiger partial charge in [-0.15, -0.1) is 0 Å². The lowest BCUT2D eigenvalue weighted by atomic mass is 10.1. The predicted molar refractivity (Wildman–Crippen MR) is 75.0 cm³/mol. The lowest BCUT2D eigenvalue weighted by Gasteiger charge is -2.18. The molecule has 1 heterocycles. The van der Waals surface area contributed by atoms with Crippen LogP contribution in [0.1, 0.15) is 19.3 Å². The monoisotopic (exact) mass is 312 g/mol. The molecule has 2 N–H and O–H groups in total. The number of carbonyl (C=O) groups excluding carboxylic acids is 1. The van der Waals surface area contributed by atoms with E-state index in [1.54, 1.807) is 7.11 Å². The van der Waals surface area contributed by atoms with Gasteiger partial charge in [0.05, 0.1) is 12.8 Å². The first-order valence-electron chi connectivity index (χ1n) is 6.08. The highest BCUT2D eigenvalue weighted by atomic mass is 79.9. The molecule has 0 saturated carbocycles. The third kappa shape index (κ3) is 3.16. The summed E-state index contributed by atoms with van der Waals surface area (Å²) in [4.78, 5) is 11.9. The second-order valence-corrected chi connectivity index (χ2v) is 5.24. The van der Waals surface area contributed by atoms with Gasteiger partial charge in [0.1, 0.15) is 11.8 Å². The smallest absolute Gasteiger partial charge is 0.242 e. The van der Waals surface area contributed by atoms with Crippen molar-refractivity contribution in [1.29, 1.82) is 0 Å². The number of methoxy groups -OCH3 is 1. The first kappa shape index (κ1) is 13.2. The van der Waals surface area contributed by atoms with Gasteiger partial charge >= 0.3 is 0 Å². The van der Waals surface area contributed by atoms with Gasteiger partial charge in [-0.2, -0.15) is 0 Å². The van der Waals surface area contributed by atoms with Crippen molar-refractivity contribution in [2.75, 3.05) is 19.0 Å². The molecule has 0 radical (unpaired) electrons. The zero-order valence-electron chi connectivity index (χ0n) is 10.3. The van der Waals surface area contributed by atoms with Crippen molar-refractivity contribution in [3.63, 3.8) is 0 Å². The summed E-state index contributed by atoms with van der Waals surface area (Å²) >= 11 is 3.42. The van der Waals surface area contributed by atoms with Crippen molar-refractivity contribution in [3.8, 4) is 5.75 Å². The largest absolute Gasteiger partial charge is 0.495 e. The van der Waals surface area contributed by atoms with Crippen molar-refractivity contribution in [3.05, 3.63) is 22.7 Å². The molecule has 1 saturated heterocycles. The number of halogens is 1. The molecule has 1 fully saturated rings. The molecule has 1 atom stereocenters. The van der Waals surface area contributed by atoms with Crippen molar-refractivity contribution in [2.24, 2.45) is 0 Å². The number of rotatable bonds is 3. The minimum Gasteiger partial charge on any atom is -0.495 e. The van der Waals surface area contributed by atoms with E-state index in [1.165, 1.54) is 0 Å². The molecule has 1 aliphatic rings. The molecule has 1 aliphatic heterocycles. The van der Waals surface area contributed by atoms with Crippen molar-refractivity contribution >= 4 is 27.5 Å². The molecular formula is C13H17BrN2O2. The van der Waals surface area contributed by atoms with Crippen molar-refractivity contribution in [2.45, 2.75) is 25.3 Å². The number of ether oxygens (including phenoxy) is 1. The number of carbonyl (C=O) groups is 1. The zero-order chi connectivity index (χ0) is 13.0. The lowest BCUT2D eigenvalue weighted by Crippen LogP contribution is -2.37. The summed E-state index contributed by atoms with van der Waals surface area (Å²) in [6.45, 7) is 0.770. The maximum Gasteiger partial charge on any atom is 0.242 e. The van der Waals surface area contributed by atoms with Crippen LogP contribution in [0.15, 0.2) is 22.7 Å². The molecule has 1 aromatic carbocycles. The standard InChI is InChI=1S/C13H17BrN2O2/c1-18-12-6-5-9(14)8-11(12)16-10-4-2-3-7-15-13(10)17/h5-6,8,10,16H,2-4,7H2,1H3,(H,15,17). The molecule has 1 aromatic rings. The van der Waals surface area contributed by atoms with Gasteiger partial charge in [0.15, 0.2) is 0 Å². The van der Waals surface area contributed by atoms with Gasteiger partial charge in [0.2, 0.25) is 5.91 Å². The quantitative estimate of drug-likeness (QED) is 0.901. The molecule has 1 amide bonds. The lowest BCUT2D eigenvalue weighted by molar-refractivity contribution is -0.121. The summed E-state index contributed by atoms with van der Waals surface area (Å²) in [6, 6.07) is 5.53.